The first kappa shape index (κ1) is 26.4. The molecule has 4 aromatic rings. The second kappa shape index (κ2) is 9.95. The van der Waals surface area contributed by atoms with E-state index in [0.717, 1.165) is 27.7 Å². The highest BCUT2D eigenvalue weighted by Crippen LogP contribution is 2.52. The number of aromatic nitrogens is 5. The molecule has 1 saturated heterocycles. The Morgan fingerprint density at radius 3 is 2.67 bits per heavy atom. The number of hydrogen-bond donors (Lipinski definition) is 1. The van der Waals surface area contributed by atoms with Crippen LogP contribution < -0.4 is 10.2 Å². The van der Waals surface area contributed by atoms with E-state index in [1.165, 1.54) is 15.6 Å². The largest absolute Gasteiger partial charge is 0.454 e. The number of furan rings is 1. The fourth-order valence-corrected chi connectivity index (χ4v) is 5.85. The quantitative estimate of drug-likeness (QED) is 0.324. The zero-order valence-corrected chi connectivity index (χ0v) is 23.4. The van der Waals surface area contributed by atoms with Crippen molar-refractivity contribution < 1.29 is 22.8 Å². The number of carbonyl (C=O) groups excluding carboxylic acids is 2. The number of nitrogens with zero attached hydrogens (tertiary/aromatic N) is 6. The zero-order chi connectivity index (χ0) is 28.2. The SMILES string of the molecule is Cc1cc(Br)cc(C)c1N1CCCC(NC(=O)c2ccc(Cn3cc(-c4ccn(C5CC5(F)F)n4)nn3)o2)C1=O. The van der Waals surface area contributed by atoms with Crippen molar-refractivity contribution in [1.82, 2.24) is 30.1 Å². The molecule has 2 fully saturated rings. The molecule has 2 amide bonds. The number of hydrogen-bond acceptors (Lipinski definition) is 6. The van der Waals surface area contributed by atoms with Crippen LogP contribution in [0.1, 0.15) is 52.7 Å². The summed E-state index contributed by atoms with van der Waals surface area (Å²) in [5.74, 6) is -2.80. The second-order valence-electron chi connectivity index (χ2n) is 10.3. The average molecular weight is 614 g/mol. The van der Waals surface area contributed by atoms with Crippen molar-refractivity contribution in [3.05, 3.63) is 69.8 Å². The van der Waals surface area contributed by atoms with Gasteiger partial charge >= 0.3 is 0 Å². The maximum absolute atomic E-state index is 13.3. The van der Waals surface area contributed by atoms with Crippen LogP contribution in [0.25, 0.3) is 11.4 Å². The molecule has 0 spiro atoms. The van der Waals surface area contributed by atoms with Gasteiger partial charge < -0.3 is 14.6 Å². The van der Waals surface area contributed by atoms with Crippen LogP contribution in [0.5, 0.6) is 0 Å². The van der Waals surface area contributed by atoms with Gasteiger partial charge in [0.25, 0.3) is 11.8 Å². The zero-order valence-electron chi connectivity index (χ0n) is 21.8. The van der Waals surface area contributed by atoms with E-state index in [9.17, 15) is 18.4 Å². The van der Waals surface area contributed by atoms with Crippen molar-refractivity contribution in [2.24, 2.45) is 0 Å². The van der Waals surface area contributed by atoms with Crippen LogP contribution in [0.2, 0.25) is 0 Å². The minimum Gasteiger partial charge on any atom is -0.454 e. The summed E-state index contributed by atoms with van der Waals surface area (Å²) in [7, 11) is 0. The number of carbonyl (C=O) groups is 2. The Hall–Kier alpha value is -3.87. The molecule has 4 heterocycles. The van der Waals surface area contributed by atoms with Crippen LogP contribution >= 0.6 is 15.9 Å². The maximum atomic E-state index is 13.3. The molecule has 1 aromatic carbocycles. The summed E-state index contributed by atoms with van der Waals surface area (Å²) in [4.78, 5) is 28.0. The van der Waals surface area contributed by atoms with E-state index in [0.29, 0.717) is 30.1 Å². The first-order chi connectivity index (χ1) is 19.1. The number of benzene rings is 1. The summed E-state index contributed by atoms with van der Waals surface area (Å²) in [6.07, 6.45) is 4.22. The highest BCUT2D eigenvalue weighted by atomic mass is 79.9. The molecule has 0 bridgehead atoms. The fraction of sp³-hybridized carbons (Fsp3) is 0.370. The molecule has 1 aliphatic heterocycles. The van der Waals surface area contributed by atoms with Crippen molar-refractivity contribution >= 4 is 33.4 Å². The molecule has 1 aliphatic carbocycles. The number of halogens is 3. The van der Waals surface area contributed by atoms with Crippen LogP contribution in [0.15, 0.2) is 51.6 Å². The number of anilines is 1. The molecular weight excluding hydrogens is 588 g/mol. The van der Waals surface area contributed by atoms with E-state index in [2.05, 4.69) is 36.7 Å². The number of nitrogens with one attached hydrogen (secondary N) is 1. The third-order valence-electron chi connectivity index (χ3n) is 7.19. The third kappa shape index (κ3) is 5.05. The Morgan fingerprint density at radius 1 is 1.20 bits per heavy atom. The molecule has 6 rings (SSSR count). The summed E-state index contributed by atoms with van der Waals surface area (Å²) in [6.45, 7) is 4.71. The number of amides is 2. The number of alkyl halides is 2. The number of piperidine rings is 1. The lowest BCUT2D eigenvalue weighted by atomic mass is 10.0. The molecule has 1 N–H and O–H groups in total. The van der Waals surface area contributed by atoms with Gasteiger partial charge in [-0.15, -0.1) is 5.10 Å². The second-order valence-corrected chi connectivity index (χ2v) is 11.2. The van der Waals surface area contributed by atoms with Gasteiger partial charge in [-0.05, 0) is 68.1 Å². The van der Waals surface area contributed by atoms with Gasteiger partial charge in [-0.1, -0.05) is 21.1 Å². The van der Waals surface area contributed by atoms with Gasteiger partial charge in [0.15, 0.2) is 5.76 Å². The number of aryl methyl sites for hydroxylation is 2. The van der Waals surface area contributed by atoms with Crippen LogP contribution in [0.3, 0.4) is 0 Å². The molecule has 2 atom stereocenters. The lowest BCUT2D eigenvalue weighted by molar-refractivity contribution is -0.121. The van der Waals surface area contributed by atoms with E-state index < -0.39 is 23.9 Å². The van der Waals surface area contributed by atoms with Gasteiger partial charge in [0.05, 0.1) is 6.20 Å². The maximum Gasteiger partial charge on any atom is 0.287 e. The molecule has 208 valence electrons. The van der Waals surface area contributed by atoms with E-state index in [1.54, 1.807) is 29.3 Å². The van der Waals surface area contributed by atoms with Gasteiger partial charge in [-0.3, -0.25) is 14.3 Å². The van der Waals surface area contributed by atoms with Crippen molar-refractivity contribution in [2.75, 3.05) is 11.4 Å². The van der Waals surface area contributed by atoms with E-state index in [-0.39, 0.29) is 24.6 Å². The van der Waals surface area contributed by atoms with Crippen molar-refractivity contribution in [1.29, 1.82) is 0 Å². The van der Waals surface area contributed by atoms with Crippen LogP contribution in [0, 0.1) is 13.8 Å². The molecular formula is C27H26BrF2N7O3. The summed E-state index contributed by atoms with van der Waals surface area (Å²) in [5.41, 5.74) is 3.71. The Morgan fingerprint density at radius 2 is 1.95 bits per heavy atom. The number of rotatable bonds is 7. The Labute approximate surface area is 236 Å². The first-order valence-electron chi connectivity index (χ1n) is 12.9. The van der Waals surface area contributed by atoms with Gasteiger partial charge in [0, 0.05) is 29.3 Å². The molecule has 10 nitrogen and oxygen atoms in total. The predicted molar refractivity (Wildman–Crippen MR) is 144 cm³/mol. The Balaban J connectivity index is 1.09. The topological polar surface area (TPSA) is 111 Å². The molecule has 0 radical (unpaired) electrons. The van der Waals surface area contributed by atoms with Crippen LogP contribution in [-0.2, 0) is 11.3 Å². The van der Waals surface area contributed by atoms with E-state index in [1.807, 2.05) is 26.0 Å². The highest BCUT2D eigenvalue weighted by molar-refractivity contribution is 9.10. The van der Waals surface area contributed by atoms with Gasteiger partial charge in [0.2, 0.25) is 5.91 Å². The minimum atomic E-state index is -2.72. The van der Waals surface area contributed by atoms with Gasteiger partial charge in [0.1, 0.15) is 35.8 Å². The van der Waals surface area contributed by atoms with Crippen LogP contribution in [-0.4, -0.2) is 55.1 Å². The molecule has 1 saturated carbocycles. The van der Waals surface area contributed by atoms with E-state index >= 15 is 0 Å². The van der Waals surface area contributed by atoms with Crippen LogP contribution in [0.4, 0.5) is 14.5 Å². The Bertz CT molecular complexity index is 1590. The lowest BCUT2D eigenvalue weighted by Crippen LogP contribution is -2.52. The normalized spacial score (nSPS) is 20.1. The monoisotopic (exact) mass is 613 g/mol. The molecule has 3 aromatic heterocycles. The minimum absolute atomic E-state index is 0.0837. The summed E-state index contributed by atoms with van der Waals surface area (Å²) in [6, 6.07) is 7.20. The lowest BCUT2D eigenvalue weighted by Gasteiger charge is -2.34. The smallest absolute Gasteiger partial charge is 0.287 e. The predicted octanol–water partition coefficient (Wildman–Crippen LogP) is 4.67. The van der Waals surface area contributed by atoms with Crippen molar-refractivity contribution in [2.45, 2.75) is 57.7 Å². The Kier molecular flexibility index (Phi) is 6.56. The molecule has 40 heavy (non-hydrogen) atoms. The molecule has 13 heteroatoms. The van der Waals surface area contributed by atoms with Gasteiger partial charge in [-0.25, -0.2) is 13.5 Å². The summed E-state index contributed by atoms with van der Waals surface area (Å²) >= 11 is 3.50. The first-order valence-corrected chi connectivity index (χ1v) is 13.7. The fourth-order valence-electron chi connectivity index (χ4n) is 5.16. The van der Waals surface area contributed by atoms with E-state index in [4.69, 9.17) is 4.42 Å². The van der Waals surface area contributed by atoms with Gasteiger partial charge in [-0.2, -0.15) is 5.10 Å². The third-order valence-corrected chi connectivity index (χ3v) is 7.65. The summed E-state index contributed by atoms with van der Waals surface area (Å²) in [5, 5.41) is 15.2. The molecule has 2 unspecified atom stereocenters. The summed E-state index contributed by atoms with van der Waals surface area (Å²) < 4.78 is 36.1. The average Bonchev–Trinajstić information content (AvgIpc) is 3.41. The van der Waals surface area contributed by atoms with Crippen molar-refractivity contribution in [3.63, 3.8) is 0 Å². The van der Waals surface area contributed by atoms with Crippen molar-refractivity contribution in [3.8, 4) is 11.4 Å². The highest BCUT2D eigenvalue weighted by Gasteiger charge is 2.59. The standard InChI is InChI=1S/C27H26BrF2N7O3/c1-15-10-17(28)11-16(2)24(15)36-8-3-4-20(26(36)39)31-25(38)22-6-5-18(40-22)13-35-14-21(32-34-35)19-7-9-37(33-19)23-12-27(23,29)30/h5-7,9-11,14,20,23H,3-4,8,12-13H2,1-2H3,(H,31,38). The molecule has 2 aliphatic rings.